The van der Waals surface area contributed by atoms with Crippen LogP contribution in [0, 0.1) is 0 Å². The number of fused-ring (bicyclic) bond motifs is 1. The van der Waals surface area contributed by atoms with Gasteiger partial charge in [0.15, 0.2) is 29.3 Å². The van der Waals surface area contributed by atoms with Gasteiger partial charge in [0, 0.05) is 13.3 Å². The van der Waals surface area contributed by atoms with Gasteiger partial charge in [-0.1, -0.05) is 24.3 Å². The molecule has 0 atom stereocenters. The van der Waals surface area contributed by atoms with Crippen molar-refractivity contribution in [1.82, 2.24) is 4.98 Å². The molecule has 6 nitrogen and oxygen atoms in total. The maximum absolute atomic E-state index is 12.3. The normalized spacial score (nSPS) is 11.0. The molecule has 0 saturated carbocycles. The van der Waals surface area contributed by atoms with Gasteiger partial charge in [0.2, 0.25) is 0 Å². The average molecular weight is 351 g/mol. The molecular formula is C20H17NO5. The van der Waals surface area contributed by atoms with Crippen molar-refractivity contribution in [3.63, 3.8) is 0 Å². The van der Waals surface area contributed by atoms with Crippen molar-refractivity contribution in [1.29, 1.82) is 0 Å². The smallest absolute Gasteiger partial charge is 0.308 e. The summed E-state index contributed by atoms with van der Waals surface area (Å²) in [6.07, 6.45) is 4.73. The van der Waals surface area contributed by atoms with Crippen LogP contribution in [-0.2, 0) is 16.0 Å². The second-order valence-corrected chi connectivity index (χ2v) is 5.60. The van der Waals surface area contributed by atoms with Crippen molar-refractivity contribution >= 4 is 28.9 Å². The molecule has 0 radical (unpaired) electrons. The van der Waals surface area contributed by atoms with Crippen LogP contribution in [0.25, 0.3) is 17.2 Å². The number of benzene rings is 2. The Kier molecular flexibility index (Phi) is 5.12. The van der Waals surface area contributed by atoms with E-state index in [0.29, 0.717) is 22.6 Å². The third-order valence-electron chi connectivity index (χ3n) is 3.71. The number of allylic oxidation sites excluding steroid dienone is 1. The van der Waals surface area contributed by atoms with E-state index in [1.165, 1.54) is 26.5 Å². The number of hydrogen-bond acceptors (Lipinski definition) is 6. The predicted molar refractivity (Wildman–Crippen MR) is 96.1 cm³/mol. The minimum absolute atomic E-state index is 0.0784. The minimum atomic E-state index is -0.443. The van der Waals surface area contributed by atoms with Crippen LogP contribution in [0.5, 0.6) is 11.5 Å². The van der Waals surface area contributed by atoms with E-state index in [9.17, 15) is 9.59 Å². The van der Waals surface area contributed by atoms with E-state index < -0.39 is 5.97 Å². The van der Waals surface area contributed by atoms with Crippen LogP contribution < -0.4 is 9.47 Å². The number of oxazole rings is 1. The fourth-order valence-corrected chi connectivity index (χ4v) is 2.56. The van der Waals surface area contributed by atoms with Crippen LogP contribution in [0.3, 0.4) is 0 Å². The first-order chi connectivity index (χ1) is 12.6. The van der Waals surface area contributed by atoms with Gasteiger partial charge < -0.3 is 13.9 Å². The number of ketones is 1. The van der Waals surface area contributed by atoms with Crippen LogP contribution >= 0.6 is 0 Å². The standard InChI is InChI=1S/C20H17NO5/c1-13(22)26-19-10-14(7-9-17(19)24-2)6-8-16(23)11-15-4-3-5-18-20(15)21-12-25-18/h3-10,12H,11H2,1-2H3/b8-6+. The highest BCUT2D eigenvalue weighted by Crippen LogP contribution is 2.28. The zero-order chi connectivity index (χ0) is 18.5. The molecule has 0 aliphatic heterocycles. The third kappa shape index (κ3) is 3.97. The molecule has 0 unspecified atom stereocenters. The van der Waals surface area contributed by atoms with E-state index in [2.05, 4.69) is 4.98 Å². The number of carbonyl (C=O) groups is 2. The largest absolute Gasteiger partial charge is 0.493 e. The van der Waals surface area contributed by atoms with Gasteiger partial charge in [0.25, 0.3) is 0 Å². The quantitative estimate of drug-likeness (QED) is 0.384. The number of rotatable bonds is 6. The van der Waals surface area contributed by atoms with Gasteiger partial charge in [-0.15, -0.1) is 0 Å². The van der Waals surface area contributed by atoms with E-state index in [4.69, 9.17) is 13.9 Å². The van der Waals surface area contributed by atoms with E-state index >= 15 is 0 Å². The monoisotopic (exact) mass is 351 g/mol. The van der Waals surface area contributed by atoms with Crippen molar-refractivity contribution in [2.75, 3.05) is 7.11 Å². The molecule has 0 fully saturated rings. The van der Waals surface area contributed by atoms with Crippen molar-refractivity contribution in [3.05, 3.63) is 60.0 Å². The number of ether oxygens (including phenoxy) is 2. The molecule has 0 spiro atoms. The molecule has 3 aromatic rings. The van der Waals surface area contributed by atoms with Crippen molar-refractivity contribution < 1.29 is 23.5 Å². The lowest BCUT2D eigenvalue weighted by atomic mass is 10.1. The van der Waals surface area contributed by atoms with Gasteiger partial charge in [0.05, 0.1) is 7.11 Å². The lowest BCUT2D eigenvalue weighted by Crippen LogP contribution is -2.03. The molecule has 1 aromatic heterocycles. The molecule has 0 N–H and O–H groups in total. The number of para-hydroxylation sites is 1. The number of hydrogen-bond donors (Lipinski definition) is 0. The molecule has 6 heteroatoms. The molecular weight excluding hydrogens is 334 g/mol. The van der Waals surface area contributed by atoms with E-state index in [0.717, 1.165) is 11.1 Å². The van der Waals surface area contributed by atoms with Crippen LogP contribution in [0.15, 0.2) is 53.3 Å². The molecule has 0 amide bonds. The summed E-state index contributed by atoms with van der Waals surface area (Å²) in [4.78, 5) is 27.6. The first-order valence-electron chi connectivity index (χ1n) is 7.95. The number of aromatic nitrogens is 1. The molecule has 0 aliphatic rings. The summed E-state index contributed by atoms with van der Waals surface area (Å²) < 4.78 is 15.5. The van der Waals surface area contributed by atoms with Crippen molar-refractivity contribution in [2.45, 2.75) is 13.3 Å². The Balaban J connectivity index is 1.75. The van der Waals surface area contributed by atoms with Gasteiger partial charge in [-0.05, 0) is 35.4 Å². The Morgan fingerprint density at radius 3 is 2.81 bits per heavy atom. The lowest BCUT2D eigenvalue weighted by molar-refractivity contribution is -0.132. The summed E-state index contributed by atoms with van der Waals surface area (Å²) in [5, 5.41) is 0. The molecule has 132 valence electrons. The molecule has 0 saturated heterocycles. The summed E-state index contributed by atoms with van der Waals surface area (Å²) in [7, 11) is 1.49. The van der Waals surface area contributed by atoms with Gasteiger partial charge in [-0.25, -0.2) is 4.98 Å². The second kappa shape index (κ2) is 7.65. The van der Waals surface area contributed by atoms with E-state index in [-0.39, 0.29) is 12.2 Å². The van der Waals surface area contributed by atoms with Crippen molar-refractivity contribution in [3.8, 4) is 11.5 Å². The number of esters is 1. The predicted octanol–water partition coefficient (Wildman–Crippen LogP) is 3.59. The van der Waals surface area contributed by atoms with Gasteiger partial charge >= 0.3 is 5.97 Å². The first-order valence-corrected chi connectivity index (χ1v) is 7.95. The van der Waals surface area contributed by atoms with Crippen LogP contribution in [0.1, 0.15) is 18.1 Å². The fourth-order valence-electron chi connectivity index (χ4n) is 2.56. The Hall–Kier alpha value is -3.41. The summed E-state index contributed by atoms with van der Waals surface area (Å²) in [6, 6.07) is 10.6. The van der Waals surface area contributed by atoms with E-state index in [1.54, 1.807) is 30.3 Å². The lowest BCUT2D eigenvalue weighted by Gasteiger charge is -2.08. The molecule has 26 heavy (non-hydrogen) atoms. The van der Waals surface area contributed by atoms with Gasteiger partial charge in [-0.2, -0.15) is 0 Å². The first kappa shape index (κ1) is 17.4. The molecule has 3 rings (SSSR count). The van der Waals surface area contributed by atoms with Crippen LogP contribution in [-0.4, -0.2) is 23.8 Å². The fraction of sp³-hybridized carbons (Fsp3) is 0.150. The number of carbonyl (C=O) groups excluding carboxylic acids is 2. The van der Waals surface area contributed by atoms with E-state index in [1.807, 2.05) is 12.1 Å². The highest BCUT2D eigenvalue weighted by atomic mass is 16.6. The molecule has 2 aromatic carbocycles. The van der Waals surface area contributed by atoms with Crippen LogP contribution in [0.2, 0.25) is 0 Å². The maximum Gasteiger partial charge on any atom is 0.308 e. The Bertz CT molecular complexity index is 987. The SMILES string of the molecule is COc1ccc(/C=C/C(=O)Cc2cccc3ocnc23)cc1OC(C)=O. The summed E-state index contributed by atoms with van der Waals surface area (Å²) in [5.74, 6) is 0.231. The Morgan fingerprint density at radius 2 is 2.04 bits per heavy atom. The minimum Gasteiger partial charge on any atom is -0.493 e. The van der Waals surface area contributed by atoms with Gasteiger partial charge in [0.1, 0.15) is 5.52 Å². The highest BCUT2D eigenvalue weighted by molar-refractivity contribution is 5.97. The highest BCUT2D eigenvalue weighted by Gasteiger charge is 2.09. The van der Waals surface area contributed by atoms with Crippen molar-refractivity contribution in [2.24, 2.45) is 0 Å². The average Bonchev–Trinajstić information content (AvgIpc) is 3.09. The topological polar surface area (TPSA) is 78.6 Å². The summed E-state index contributed by atoms with van der Waals surface area (Å²) in [5.41, 5.74) is 2.87. The molecule has 1 heterocycles. The Morgan fingerprint density at radius 1 is 1.19 bits per heavy atom. The number of methoxy groups -OCH3 is 1. The molecule has 0 bridgehead atoms. The zero-order valence-corrected chi connectivity index (χ0v) is 14.4. The summed E-state index contributed by atoms with van der Waals surface area (Å²) in [6.45, 7) is 1.32. The van der Waals surface area contributed by atoms with Crippen LogP contribution in [0.4, 0.5) is 0 Å². The summed E-state index contributed by atoms with van der Waals surface area (Å²) >= 11 is 0. The second-order valence-electron chi connectivity index (χ2n) is 5.60. The third-order valence-corrected chi connectivity index (χ3v) is 3.71. The Labute approximate surface area is 150 Å². The number of nitrogens with zero attached hydrogens (tertiary/aromatic N) is 1. The maximum atomic E-state index is 12.3. The zero-order valence-electron chi connectivity index (χ0n) is 14.4. The molecule has 0 aliphatic carbocycles. The van der Waals surface area contributed by atoms with Gasteiger partial charge in [-0.3, -0.25) is 9.59 Å².